The standard InChI is InChI=1S/C13H28N2/c1-6-13(7-2,15(4)5)12(14-3)11-9-8-10-11/h11-12,14H,6-10H2,1-5H3. The van der Waals surface area contributed by atoms with E-state index < -0.39 is 0 Å². The second kappa shape index (κ2) is 5.31. The number of nitrogens with zero attached hydrogens (tertiary/aromatic N) is 1. The predicted octanol–water partition coefficient (Wildman–Crippen LogP) is 2.49. The summed E-state index contributed by atoms with van der Waals surface area (Å²) in [5.74, 6) is 0.900. The zero-order valence-electron chi connectivity index (χ0n) is 11.1. The molecular weight excluding hydrogens is 184 g/mol. The van der Waals surface area contributed by atoms with Crippen molar-refractivity contribution in [3.63, 3.8) is 0 Å². The molecule has 0 heterocycles. The first-order valence-corrected chi connectivity index (χ1v) is 6.47. The van der Waals surface area contributed by atoms with Crippen LogP contribution in [0, 0.1) is 5.92 Å². The highest BCUT2D eigenvalue weighted by Gasteiger charge is 2.42. The van der Waals surface area contributed by atoms with Gasteiger partial charge in [-0.1, -0.05) is 20.3 Å². The second-order valence-electron chi connectivity index (χ2n) is 5.16. The van der Waals surface area contributed by atoms with Crippen LogP contribution in [-0.2, 0) is 0 Å². The topological polar surface area (TPSA) is 15.3 Å². The van der Waals surface area contributed by atoms with Crippen LogP contribution in [0.4, 0.5) is 0 Å². The summed E-state index contributed by atoms with van der Waals surface area (Å²) in [6.07, 6.45) is 6.74. The van der Waals surface area contributed by atoms with Gasteiger partial charge in [-0.25, -0.2) is 0 Å². The molecule has 0 aromatic carbocycles. The number of rotatable bonds is 6. The van der Waals surface area contributed by atoms with Gasteiger partial charge < -0.3 is 10.2 Å². The smallest absolute Gasteiger partial charge is 0.0353 e. The molecule has 0 saturated heterocycles. The van der Waals surface area contributed by atoms with Crippen LogP contribution in [0.15, 0.2) is 0 Å². The van der Waals surface area contributed by atoms with Gasteiger partial charge in [0, 0.05) is 11.6 Å². The van der Waals surface area contributed by atoms with Crippen molar-refractivity contribution in [2.75, 3.05) is 21.1 Å². The van der Waals surface area contributed by atoms with E-state index in [-0.39, 0.29) is 0 Å². The maximum absolute atomic E-state index is 3.59. The zero-order chi connectivity index (χ0) is 11.5. The first-order valence-electron chi connectivity index (χ1n) is 6.47. The molecule has 1 aliphatic rings. The maximum Gasteiger partial charge on any atom is 0.0353 e. The van der Waals surface area contributed by atoms with Crippen molar-refractivity contribution in [1.29, 1.82) is 0 Å². The molecule has 15 heavy (non-hydrogen) atoms. The van der Waals surface area contributed by atoms with Gasteiger partial charge in [0.15, 0.2) is 0 Å². The van der Waals surface area contributed by atoms with Crippen molar-refractivity contribution in [2.45, 2.75) is 57.5 Å². The monoisotopic (exact) mass is 212 g/mol. The molecule has 0 aromatic rings. The van der Waals surface area contributed by atoms with E-state index in [9.17, 15) is 0 Å². The first-order chi connectivity index (χ1) is 7.12. The lowest BCUT2D eigenvalue weighted by Gasteiger charge is -2.50. The van der Waals surface area contributed by atoms with Crippen LogP contribution >= 0.6 is 0 Å². The van der Waals surface area contributed by atoms with Crippen LogP contribution < -0.4 is 5.32 Å². The van der Waals surface area contributed by atoms with Gasteiger partial charge in [-0.15, -0.1) is 0 Å². The molecular formula is C13H28N2. The van der Waals surface area contributed by atoms with Crippen molar-refractivity contribution in [3.8, 4) is 0 Å². The Morgan fingerprint density at radius 2 is 1.80 bits per heavy atom. The predicted molar refractivity (Wildman–Crippen MR) is 67.2 cm³/mol. The summed E-state index contributed by atoms with van der Waals surface area (Å²) in [7, 11) is 6.60. The lowest BCUT2D eigenvalue weighted by molar-refractivity contribution is 0.0401. The molecule has 1 unspecified atom stereocenters. The SMILES string of the molecule is CCC(CC)(C(NC)C1CCC1)N(C)C. The Labute approximate surface area is 95.4 Å². The average molecular weight is 212 g/mol. The maximum atomic E-state index is 3.59. The van der Waals surface area contributed by atoms with E-state index in [1.165, 1.54) is 32.1 Å². The Bertz CT molecular complexity index is 181. The molecule has 1 atom stereocenters. The highest BCUT2D eigenvalue weighted by molar-refractivity contribution is 5.01. The first kappa shape index (κ1) is 13.0. The average Bonchev–Trinajstić information content (AvgIpc) is 2.15. The largest absolute Gasteiger partial charge is 0.315 e. The number of nitrogens with one attached hydrogen (secondary N) is 1. The molecule has 2 nitrogen and oxygen atoms in total. The van der Waals surface area contributed by atoms with Gasteiger partial charge in [-0.3, -0.25) is 0 Å². The molecule has 0 radical (unpaired) electrons. The normalized spacial score (nSPS) is 20.4. The van der Waals surface area contributed by atoms with E-state index in [2.05, 4.69) is 45.2 Å². The van der Waals surface area contributed by atoms with Crippen molar-refractivity contribution >= 4 is 0 Å². The summed E-state index contributed by atoms with van der Waals surface area (Å²) >= 11 is 0. The molecule has 2 heteroatoms. The third-order valence-electron chi connectivity index (χ3n) is 4.63. The molecule has 0 aliphatic heterocycles. The van der Waals surface area contributed by atoms with Crippen LogP contribution in [0.2, 0.25) is 0 Å². The fourth-order valence-corrected chi connectivity index (χ4v) is 3.32. The molecule has 0 amide bonds. The molecule has 90 valence electrons. The Kier molecular flexibility index (Phi) is 4.60. The number of likely N-dealkylation sites (N-methyl/N-ethyl adjacent to an activating group) is 2. The summed E-state index contributed by atoms with van der Waals surface area (Å²) in [5, 5.41) is 3.59. The summed E-state index contributed by atoms with van der Waals surface area (Å²) in [5.41, 5.74) is 0.347. The van der Waals surface area contributed by atoms with E-state index >= 15 is 0 Å². The molecule has 1 rings (SSSR count). The molecule has 0 spiro atoms. The highest BCUT2D eigenvalue weighted by atomic mass is 15.2. The van der Waals surface area contributed by atoms with Crippen LogP contribution in [0.5, 0.6) is 0 Å². The van der Waals surface area contributed by atoms with Gasteiger partial charge in [0.05, 0.1) is 0 Å². The summed E-state index contributed by atoms with van der Waals surface area (Å²) in [6, 6.07) is 0.663. The Morgan fingerprint density at radius 1 is 1.27 bits per heavy atom. The quantitative estimate of drug-likeness (QED) is 0.728. The minimum absolute atomic E-state index is 0.347. The van der Waals surface area contributed by atoms with Gasteiger partial charge in [0.2, 0.25) is 0 Å². The molecule has 1 aliphatic carbocycles. The Morgan fingerprint density at radius 3 is 2.00 bits per heavy atom. The van der Waals surface area contributed by atoms with E-state index in [1.54, 1.807) is 0 Å². The fraction of sp³-hybridized carbons (Fsp3) is 1.00. The van der Waals surface area contributed by atoms with Gasteiger partial charge in [0.1, 0.15) is 0 Å². The van der Waals surface area contributed by atoms with Crippen molar-refractivity contribution in [3.05, 3.63) is 0 Å². The summed E-state index contributed by atoms with van der Waals surface area (Å²) < 4.78 is 0. The van der Waals surface area contributed by atoms with Crippen molar-refractivity contribution < 1.29 is 0 Å². The minimum atomic E-state index is 0.347. The van der Waals surface area contributed by atoms with E-state index in [0.29, 0.717) is 11.6 Å². The van der Waals surface area contributed by atoms with Gasteiger partial charge in [0.25, 0.3) is 0 Å². The summed E-state index contributed by atoms with van der Waals surface area (Å²) in [6.45, 7) is 4.65. The third kappa shape index (κ3) is 2.21. The summed E-state index contributed by atoms with van der Waals surface area (Å²) in [4.78, 5) is 2.44. The van der Waals surface area contributed by atoms with E-state index in [4.69, 9.17) is 0 Å². The molecule has 1 N–H and O–H groups in total. The number of hydrogen-bond acceptors (Lipinski definition) is 2. The van der Waals surface area contributed by atoms with Crippen LogP contribution in [0.3, 0.4) is 0 Å². The lowest BCUT2D eigenvalue weighted by atomic mass is 9.69. The number of hydrogen-bond donors (Lipinski definition) is 1. The van der Waals surface area contributed by atoms with Crippen LogP contribution in [0.25, 0.3) is 0 Å². The fourth-order valence-electron chi connectivity index (χ4n) is 3.32. The van der Waals surface area contributed by atoms with Gasteiger partial charge in [-0.05, 0) is 52.7 Å². The van der Waals surface area contributed by atoms with Crippen LogP contribution in [-0.4, -0.2) is 37.6 Å². The van der Waals surface area contributed by atoms with Crippen molar-refractivity contribution in [1.82, 2.24) is 10.2 Å². The molecule has 0 bridgehead atoms. The van der Waals surface area contributed by atoms with Crippen molar-refractivity contribution in [2.24, 2.45) is 5.92 Å². The van der Waals surface area contributed by atoms with Crippen LogP contribution in [0.1, 0.15) is 46.0 Å². The van der Waals surface area contributed by atoms with E-state index in [0.717, 1.165) is 5.92 Å². The lowest BCUT2D eigenvalue weighted by Crippen LogP contribution is -2.61. The molecule has 1 saturated carbocycles. The van der Waals surface area contributed by atoms with Gasteiger partial charge >= 0.3 is 0 Å². The zero-order valence-corrected chi connectivity index (χ0v) is 11.1. The third-order valence-corrected chi connectivity index (χ3v) is 4.63. The van der Waals surface area contributed by atoms with Gasteiger partial charge in [-0.2, -0.15) is 0 Å². The molecule has 1 fully saturated rings. The Hall–Kier alpha value is -0.0800. The minimum Gasteiger partial charge on any atom is -0.315 e. The molecule has 0 aromatic heterocycles. The Balaban J connectivity index is 2.82. The van der Waals surface area contributed by atoms with E-state index in [1.807, 2.05) is 0 Å². The highest BCUT2D eigenvalue weighted by Crippen LogP contribution is 2.38. The second-order valence-corrected chi connectivity index (χ2v) is 5.16.